The monoisotopic (exact) mass is 237 g/mol. The van der Waals surface area contributed by atoms with Crippen molar-refractivity contribution in [1.29, 1.82) is 0 Å². The van der Waals surface area contributed by atoms with Crippen LogP contribution < -0.4 is 10.1 Å². The summed E-state index contributed by atoms with van der Waals surface area (Å²) in [6.45, 7) is 6.67. The predicted octanol–water partition coefficient (Wildman–Crippen LogP) is 2.39. The van der Waals surface area contributed by atoms with E-state index >= 15 is 0 Å². The average molecular weight is 237 g/mol. The van der Waals surface area contributed by atoms with E-state index in [1.807, 2.05) is 12.1 Å². The molecule has 1 rings (SSSR count). The quantitative estimate of drug-likeness (QED) is 0.704. The molecule has 0 aliphatic heterocycles. The minimum Gasteiger partial charge on any atom is -0.489 e. The van der Waals surface area contributed by atoms with E-state index < -0.39 is 0 Å². The third-order valence-corrected chi connectivity index (χ3v) is 2.63. The van der Waals surface area contributed by atoms with E-state index in [1.165, 1.54) is 5.56 Å². The van der Waals surface area contributed by atoms with E-state index in [4.69, 9.17) is 9.47 Å². The normalized spacial score (nSPS) is 12.4. The molecule has 0 saturated carbocycles. The molecule has 0 bridgehead atoms. The summed E-state index contributed by atoms with van der Waals surface area (Å²) in [6.07, 6.45) is 1.21. The summed E-state index contributed by atoms with van der Waals surface area (Å²) in [5, 5.41) is 3.32. The summed E-state index contributed by atoms with van der Waals surface area (Å²) >= 11 is 0. The van der Waals surface area contributed by atoms with Crippen molar-refractivity contribution in [2.24, 2.45) is 0 Å². The van der Waals surface area contributed by atoms with Crippen molar-refractivity contribution in [3.63, 3.8) is 0 Å². The van der Waals surface area contributed by atoms with Crippen LogP contribution in [0.5, 0.6) is 5.75 Å². The Morgan fingerprint density at radius 3 is 2.53 bits per heavy atom. The van der Waals surface area contributed by atoms with Crippen molar-refractivity contribution >= 4 is 0 Å². The van der Waals surface area contributed by atoms with Crippen LogP contribution in [0.25, 0.3) is 0 Å². The number of hydrogen-bond donors (Lipinski definition) is 1. The molecule has 0 spiro atoms. The molecular formula is C14H23NO2. The second-order valence-corrected chi connectivity index (χ2v) is 4.16. The summed E-state index contributed by atoms with van der Waals surface area (Å²) in [5.74, 6) is 0.941. The van der Waals surface area contributed by atoms with Crippen LogP contribution in [0, 0.1) is 6.92 Å². The third kappa shape index (κ3) is 5.71. The SMILES string of the molecule is CC[C@@H](CNCCOC)Oc1ccc(C)cc1. The summed E-state index contributed by atoms with van der Waals surface area (Å²) in [7, 11) is 1.71. The van der Waals surface area contributed by atoms with Gasteiger partial charge in [-0.2, -0.15) is 0 Å². The smallest absolute Gasteiger partial charge is 0.119 e. The minimum atomic E-state index is 0.217. The van der Waals surface area contributed by atoms with Gasteiger partial charge in [0.2, 0.25) is 0 Å². The molecule has 1 aromatic rings. The molecule has 0 aliphatic rings. The fraction of sp³-hybridized carbons (Fsp3) is 0.571. The lowest BCUT2D eigenvalue weighted by atomic mass is 10.2. The van der Waals surface area contributed by atoms with Crippen molar-refractivity contribution in [2.75, 3.05) is 26.8 Å². The lowest BCUT2D eigenvalue weighted by molar-refractivity contribution is 0.174. The van der Waals surface area contributed by atoms with E-state index in [-0.39, 0.29) is 6.10 Å². The van der Waals surface area contributed by atoms with E-state index in [0.717, 1.165) is 31.9 Å². The molecule has 3 nitrogen and oxygen atoms in total. The van der Waals surface area contributed by atoms with Crippen LogP contribution in [0.3, 0.4) is 0 Å². The Morgan fingerprint density at radius 1 is 1.24 bits per heavy atom. The van der Waals surface area contributed by atoms with Gasteiger partial charge in [-0.15, -0.1) is 0 Å². The van der Waals surface area contributed by atoms with Crippen molar-refractivity contribution in [2.45, 2.75) is 26.4 Å². The molecule has 0 aliphatic carbocycles. The Labute approximate surface area is 104 Å². The first kappa shape index (κ1) is 14.0. The molecule has 3 heteroatoms. The summed E-state index contributed by atoms with van der Waals surface area (Å²) in [5.41, 5.74) is 1.25. The second-order valence-electron chi connectivity index (χ2n) is 4.16. The Hall–Kier alpha value is -1.06. The van der Waals surface area contributed by atoms with Crippen LogP contribution >= 0.6 is 0 Å². The number of methoxy groups -OCH3 is 1. The number of hydrogen-bond acceptors (Lipinski definition) is 3. The topological polar surface area (TPSA) is 30.5 Å². The summed E-state index contributed by atoms with van der Waals surface area (Å²) in [6, 6.07) is 8.18. The first-order chi connectivity index (χ1) is 8.26. The highest BCUT2D eigenvalue weighted by atomic mass is 16.5. The molecular weight excluding hydrogens is 214 g/mol. The zero-order valence-electron chi connectivity index (χ0n) is 11.0. The molecule has 1 aromatic carbocycles. The standard InChI is InChI=1S/C14H23NO2/c1-4-13(11-15-9-10-16-3)17-14-7-5-12(2)6-8-14/h5-8,13,15H,4,9-11H2,1-3H3/t13-/m0/s1. The Bertz CT molecular complexity index is 298. The highest BCUT2D eigenvalue weighted by Gasteiger charge is 2.07. The van der Waals surface area contributed by atoms with E-state index in [1.54, 1.807) is 7.11 Å². The van der Waals surface area contributed by atoms with Crippen molar-refractivity contribution in [3.8, 4) is 5.75 Å². The van der Waals surface area contributed by atoms with Gasteiger partial charge in [0.25, 0.3) is 0 Å². The zero-order chi connectivity index (χ0) is 12.5. The Kier molecular flexibility index (Phi) is 6.67. The largest absolute Gasteiger partial charge is 0.489 e. The predicted molar refractivity (Wildman–Crippen MR) is 70.6 cm³/mol. The average Bonchev–Trinajstić information content (AvgIpc) is 2.35. The molecule has 0 amide bonds. The zero-order valence-corrected chi connectivity index (χ0v) is 11.0. The molecule has 1 N–H and O–H groups in total. The highest BCUT2D eigenvalue weighted by Crippen LogP contribution is 2.14. The van der Waals surface area contributed by atoms with Crippen molar-refractivity contribution < 1.29 is 9.47 Å². The van der Waals surface area contributed by atoms with Gasteiger partial charge in [-0.3, -0.25) is 0 Å². The molecule has 17 heavy (non-hydrogen) atoms. The molecule has 0 saturated heterocycles. The molecule has 0 heterocycles. The molecule has 0 fully saturated rings. The minimum absolute atomic E-state index is 0.217. The number of rotatable bonds is 8. The lowest BCUT2D eigenvalue weighted by Gasteiger charge is -2.18. The Morgan fingerprint density at radius 2 is 1.94 bits per heavy atom. The van der Waals surface area contributed by atoms with Gasteiger partial charge in [0, 0.05) is 20.2 Å². The second kappa shape index (κ2) is 8.09. The Balaban J connectivity index is 2.33. The molecule has 0 unspecified atom stereocenters. The maximum atomic E-state index is 5.90. The van der Waals surface area contributed by atoms with E-state index in [9.17, 15) is 0 Å². The molecule has 1 atom stereocenters. The van der Waals surface area contributed by atoms with E-state index in [2.05, 4.69) is 31.3 Å². The molecule has 96 valence electrons. The number of benzene rings is 1. The van der Waals surface area contributed by atoms with E-state index in [0.29, 0.717) is 0 Å². The van der Waals surface area contributed by atoms with Crippen LogP contribution in [0.15, 0.2) is 24.3 Å². The fourth-order valence-electron chi connectivity index (χ4n) is 1.52. The van der Waals surface area contributed by atoms with Crippen LogP contribution in [-0.4, -0.2) is 32.9 Å². The first-order valence-electron chi connectivity index (χ1n) is 6.19. The van der Waals surface area contributed by atoms with Crippen LogP contribution in [-0.2, 0) is 4.74 Å². The van der Waals surface area contributed by atoms with Crippen LogP contribution in [0.4, 0.5) is 0 Å². The summed E-state index contributed by atoms with van der Waals surface area (Å²) in [4.78, 5) is 0. The molecule has 0 aromatic heterocycles. The van der Waals surface area contributed by atoms with Gasteiger partial charge in [-0.25, -0.2) is 0 Å². The maximum absolute atomic E-state index is 5.90. The van der Waals surface area contributed by atoms with Crippen LogP contribution in [0.1, 0.15) is 18.9 Å². The molecule has 0 radical (unpaired) electrons. The van der Waals surface area contributed by atoms with Crippen molar-refractivity contribution in [3.05, 3.63) is 29.8 Å². The number of aryl methyl sites for hydroxylation is 1. The third-order valence-electron chi connectivity index (χ3n) is 2.63. The maximum Gasteiger partial charge on any atom is 0.119 e. The van der Waals surface area contributed by atoms with Gasteiger partial charge in [-0.05, 0) is 25.5 Å². The summed E-state index contributed by atoms with van der Waals surface area (Å²) < 4.78 is 10.9. The van der Waals surface area contributed by atoms with Gasteiger partial charge in [0.15, 0.2) is 0 Å². The fourth-order valence-corrected chi connectivity index (χ4v) is 1.52. The van der Waals surface area contributed by atoms with Gasteiger partial charge < -0.3 is 14.8 Å². The van der Waals surface area contributed by atoms with Gasteiger partial charge in [-0.1, -0.05) is 24.6 Å². The van der Waals surface area contributed by atoms with Crippen molar-refractivity contribution in [1.82, 2.24) is 5.32 Å². The number of ether oxygens (including phenoxy) is 2. The lowest BCUT2D eigenvalue weighted by Crippen LogP contribution is -2.32. The first-order valence-corrected chi connectivity index (χ1v) is 6.19. The highest BCUT2D eigenvalue weighted by molar-refractivity contribution is 5.26. The van der Waals surface area contributed by atoms with Gasteiger partial charge >= 0.3 is 0 Å². The van der Waals surface area contributed by atoms with Gasteiger partial charge in [0.1, 0.15) is 11.9 Å². The number of nitrogens with one attached hydrogen (secondary N) is 1. The van der Waals surface area contributed by atoms with Crippen LogP contribution in [0.2, 0.25) is 0 Å². The van der Waals surface area contributed by atoms with Gasteiger partial charge in [0.05, 0.1) is 6.61 Å².